The molecule has 0 fully saturated rings. The van der Waals surface area contributed by atoms with Gasteiger partial charge in [-0.15, -0.1) is 0 Å². The molecule has 0 saturated heterocycles. The van der Waals surface area contributed by atoms with E-state index in [-0.39, 0.29) is 13.0 Å². The molecule has 0 saturated carbocycles. The number of esters is 1. The van der Waals surface area contributed by atoms with Crippen LogP contribution in [0.3, 0.4) is 0 Å². The van der Waals surface area contributed by atoms with Crippen LogP contribution in [0.25, 0.3) is 0 Å². The summed E-state index contributed by atoms with van der Waals surface area (Å²) in [7, 11) is -4.62. The second kappa shape index (κ2) is 12.6. The lowest BCUT2D eigenvalue weighted by Gasteiger charge is -2.19. The van der Waals surface area contributed by atoms with Crippen molar-refractivity contribution in [2.24, 2.45) is 0 Å². The minimum absolute atomic E-state index is 0.00197. The van der Waals surface area contributed by atoms with Crippen molar-refractivity contribution < 1.29 is 48.6 Å². The summed E-state index contributed by atoms with van der Waals surface area (Å²) in [5.41, 5.74) is -2.14. The lowest BCUT2D eigenvalue weighted by atomic mass is 10.1. The largest absolute Gasteiger partial charge is 0.502 e. The van der Waals surface area contributed by atoms with E-state index in [1.54, 1.807) is 30.3 Å². The average Bonchev–Trinajstić information content (AvgIpc) is 2.82. The van der Waals surface area contributed by atoms with E-state index < -0.39 is 77.1 Å². The van der Waals surface area contributed by atoms with Crippen molar-refractivity contribution in [1.82, 2.24) is 5.32 Å². The summed E-state index contributed by atoms with van der Waals surface area (Å²) in [6.45, 7) is -0.533. The number of hydrogen-bond acceptors (Lipinski definition) is 11. The molecule has 2 atom stereocenters. The maximum Gasteiger partial charge on any atom is 0.410 e. The maximum atomic E-state index is 12.5. The number of phenolic OH excluding ortho intramolecular Hbond substituents is 1. The van der Waals surface area contributed by atoms with Crippen molar-refractivity contribution in [2.45, 2.75) is 25.3 Å². The van der Waals surface area contributed by atoms with Crippen LogP contribution in [-0.4, -0.2) is 49.9 Å². The highest BCUT2D eigenvalue weighted by atomic mass is 31.2. The monoisotopic (exact) mass is 527 g/mol. The van der Waals surface area contributed by atoms with Crippen LogP contribution in [-0.2, 0) is 25.4 Å². The number of alkyl carbamates (subject to hydrolysis) is 1. The fraction of sp³-hybridized carbons (Fsp3) is 0.300. The Bertz CT molecular complexity index is 1170. The molecule has 0 heterocycles. The van der Waals surface area contributed by atoms with Crippen LogP contribution in [0.4, 0.5) is 16.2 Å². The van der Waals surface area contributed by atoms with Gasteiger partial charge in [-0.05, 0) is 12.0 Å². The maximum absolute atomic E-state index is 12.5. The van der Waals surface area contributed by atoms with Crippen LogP contribution in [0, 0.1) is 20.2 Å². The van der Waals surface area contributed by atoms with Crippen molar-refractivity contribution in [3.05, 3.63) is 73.8 Å². The first kappa shape index (κ1) is 28.2. The van der Waals surface area contributed by atoms with E-state index in [0.29, 0.717) is 12.1 Å². The molecule has 2 aromatic carbocycles. The number of aromatic hydroxyl groups is 1. The molecule has 4 N–H and O–H groups in total. The zero-order chi connectivity index (χ0) is 26.9. The predicted octanol–water partition coefficient (Wildman–Crippen LogP) is 2.68. The number of nitro groups is 2. The Balaban J connectivity index is 1.84. The minimum Gasteiger partial charge on any atom is -0.502 e. The van der Waals surface area contributed by atoms with Gasteiger partial charge in [-0.1, -0.05) is 30.3 Å². The zero-order valence-electron chi connectivity index (χ0n) is 18.5. The Morgan fingerprint density at radius 1 is 1.08 bits per heavy atom. The number of nitro benzene ring substituents is 2. The van der Waals surface area contributed by atoms with Gasteiger partial charge in [-0.25, -0.2) is 4.79 Å². The number of nitrogens with zero attached hydrogens (tertiary/aromatic N) is 2. The number of carbonyl (C=O) groups excluding carboxylic acids is 2. The van der Waals surface area contributed by atoms with Crippen molar-refractivity contribution >= 4 is 30.8 Å². The molecule has 15 nitrogen and oxygen atoms in total. The average molecular weight is 527 g/mol. The van der Waals surface area contributed by atoms with E-state index in [1.165, 1.54) is 0 Å². The summed E-state index contributed by atoms with van der Waals surface area (Å²) in [6.07, 6.45) is -2.23. The quantitative estimate of drug-likeness (QED) is 0.103. The third-order valence-electron chi connectivity index (χ3n) is 4.69. The topological polar surface area (TPSA) is 229 Å². The number of ether oxygens (including phenoxy) is 2. The molecule has 1 unspecified atom stereocenters. The summed E-state index contributed by atoms with van der Waals surface area (Å²) in [6, 6.07) is 9.79. The van der Waals surface area contributed by atoms with Gasteiger partial charge in [0.05, 0.1) is 15.9 Å². The number of benzene rings is 2. The first-order valence-electron chi connectivity index (χ1n) is 10.2. The van der Waals surface area contributed by atoms with Crippen LogP contribution < -0.4 is 5.32 Å². The Kier molecular flexibility index (Phi) is 9.84. The van der Waals surface area contributed by atoms with Gasteiger partial charge in [0.2, 0.25) is 13.1 Å². The first-order valence-corrected chi connectivity index (χ1v) is 12.1. The van der Waals surface area contributed by atoms with Gasteiger partial charge in [0.25, 0.3) is 5.69 Å². The lowest BCUT2D eigenvalue weighted by Crippen LogP contribution is -2.28. The molecule has 0 aliphatic heterocycles. The molecule has 1 amide bonds. The van der Waals surface area contributed by atoms with E-state index in [2.05, 4.69) is 5.32 Å². The van der Waals surface area contributed by atoms with Crippen LogP contribution in [0.2, 0.25) is 0 Å². The second-order valence-corrected chi connectivity index (χ2v) is 9.72. The third kappa shape index (κ3) is 8.01. The molecule has 194 valence electrons. The molecule has 2 aromatic rings. The SMILES string of the molecule is O=C(CCCP(=O)(O)[C@H](O)c1cc([N+](=O)[O-])cc([N+](=O)[O-])c1O)OCNC(=O)OCc1ccccc1. The molecule has 0 spiro atoms. The van der Waals surface area contributed by atoms with E-state index in [1.807, 2.05) is 0 Å². The van der Waals surface area contributed by atoms with Gasteiger partial charge in [0.1, 0.15) is 6.61 Å². The molecule has 36 heavy (non-hydrogen) atoms. The first-order chi connectivity index (χ1) is 16.9. The molecule has 2 rings (SSSR count). The Labute approximate surface area is 203 Å². The molecular formula is C20H22N3O12P. The zero-order valence-corrected chi connectivity index (χ0v) is 19.4. The standard InChI is InChI=1S/C20H22N3O12P/c24-17(35-12-21-20(27)34-11-13-5-2-1-3-6-13)7-4-8-36(32,33)19(26)15-9-14(22(28)29)10-16(18(15)25)23(30)31/h1-3,5-6,9-10,19,25-26H,4,7-8,11-12H2,(H,21,27)(H,32,33)/t19-/m0/s1. The number of phenols is 1. The van der Waals surface area contributed by atoms with E-state index >= 15 is 0 Å². The number of non-ortho nitro benzene ring substituents is 1. The van der Waals surface area contributed by atoms with Crippen LogP contribution in [0.15, 0.2) is 42.5 Å². The van der Waals surface area contributed by atoms with Gasteiger partial charge in [0.15, 0.2) is 12.6 Å². The summed E-state index contributed by atoms with van der Waals surface area (Å²) in [4.78, 5) is 53.4. The highest BCUT2D eigenvalue weighted by Crippen LogP contribution is 2.57. The number of nitrogens with one attached hydrogen (secondary N) is 1. The van der Waals surface area contributed by atoms with Gasteiger partial charge in [-0.2, -0.15) is 0 Å². The molecule has 0 aromatic heterocycles. The molecule has 16 heteroatoms. The summed E-state index contributed by atoms with van der Waals surface area (Å²) < 4.78 is 22.2. The predicted molar refractivity (Wildman–Crippen MR) is 121 cm³/mol. The smallest absolute Gasteiger partial charge is 0.410 e. The van der Waals surface area contributed by atoms with Crippen molar-refractivity contribution in [2.75, 3.05) is 12.9 Å². The fourth-order valence-electron chi connectivity index (χ4n) is 2.88. The number of rotatable bonds is 12. The van der Waals surface area contributed by atoms with Gasteiger partial charge in [0, 0.05) is 24.2 Å². The second-order valence-electron chi connectivity index (χ2n) is 7.27. The molecule has 0 bridgehead atoms. The third-order valence-corrected chi connectivity index (χ3v) is 6.69. The Morgan fingerprint density at radius 3 is 2.36 bits per heavy atom. The number of amides is 1. The highest BCUT2D eigenvalue weighted by molar-refractivity contribution is 7.58. The van der Waals surface area contributed by atoms with Crippen molar-refractivity contribution in [3.8, 4) is 5.75 Å². The molecule has 0 aliphatic rings. The normalized spacial score (nSPS) is 13.2. The minimum atomic E-state index is -4.62. The molecule has 0 aliphatic carbocycles. The van der Waals surface area contributed by atoms with Crippen molar-refractivity contribution in [1.29, 1.82) is 0 Å². The Morgan fingerprint density at radius 2 is 1.75 bits per heavy atom. The van der Waals surface area contributed by atoms with E-state index in [9.17, 15) is 49.5 Å². The van der Waals surface area contributed by atoms with Crippen LogP contribution in [0.5, 0.6) is 5.75 Å². The highest BCUT2D eigenvalue weighted by Gasteiger charge is 2.36. The summed E-state index contributed by atoms with van der Waals surface area (Å²) in [5, 5.41) is 44.4. The van der Waals surface area contributed by atoms with Crippen LogP contribution >= 0.6 is 7.37 Å². The van der Waals surface area contributed by atoms with Gasteiger partial charge in [-0.3, -0.25) is 34.9 Å². The lowest BCUT2D eigenvalue weighted by molar-refractivity contribution is -0.394. The number of carbonyl (C=O) groups is 2. The van der Waals surface area contributed by atoms with Gasteiger partial charge >= 0.3 is 17.7 Å². The Hall–Kier alpha value is -4.07. The van der Waals surface area contributed by atoms with E-state index in [4.69, 9.17) is 9.47 Å². The molecule has 0 radical (unpaired) electrons. The van der Waals surface area contributed by atoms with Crippen molar-refractivity contribution in [3.63, 3.8) is 0 Å². The molecular weight excluding hydrogens is 505 g/mol. The summed E-state index contributed by atoms with van der Waals surface area (Å²) >= 11 is 0. The number of hydrogen-bond donors (Lipinski definition) is 4. The number of aliphatic hydroxyl groups excluding tert-OH is 1. The fourth-order valence-corrected chi connectivity index (χ4v) is 4.37. The van der Waals surface area contributed by atoms with E-state index in [0.717, 1.165) is 5.56 Å². The number of aliphatic hydroxyl groups is 1. The summed E-state index contributed by atoms with van der Waals surface area (Å²) in [5.74, 6) is -4.45. The van der Waals surface area contributed by atoms with Crippen LogP contribution in [0.1, 0.15) is 29.8 Å². The van der Waals surface area contributed by atoms with Gasteiger partial charge < -0.3 is 24.6 Å².